The Morgan fingerprint density at radius 1 is 1.00 bits per heavy atom. The number of hydrogen-bond donors (Lipinski definition) is 0. The largest absolute Gasteiger partial charge is 0.370 e. The van der Waals surface area contributed by atoms with Crippen LogP contribution in [0.2, 0.25) is 5.02 Å². The SMILES string of the molecule is Clc1ccc(C#CC[N+]2(CC=Cc3ccccc3)CCOCC2)cc1. The van der Waals surface area contributed by atoms with Crippen LogP contribution in [0.1, 0.15) is 11.1 Å². The zero-order chi connectivity index (χ0) is 17.4. The standard InChI is InChI=1S/C22H23ClNO/c23-22-12-10-21(11-13-22)9-5-15-24(16-18-25-19-17-24)14-4-8-20-6-2-1-3-7-20/h1-4,6-8,10-13H,14-19H2/q+1. The molecule has 25 heavy (non-hydrogen) atoms. The minimum absolute atomic E-state index is 0.744. The second-order valence-electron chi connectivity index (χ2n) is 6.36. The summed E-state index contributed by atoms with van der Waals surface area (Å²) < 4.78 is 6.53. The number of benzene rings is 2. The molecule has 128 valence electrons. The maximum absolute atomic E-state index is 5.92. The van der Waals surface area contributed by atoms with E-state index in [0.717, 1.165) is 54.5 Å². The lowest BCUT2D eigenvalue weighted by Gasteiger charge is -2.39. The first-order valence-electron chi connectivity index (χ1n) is 8.65. The minimum atomic E-state index is 0.744. The third kappa shape index (κ3) is 5.47. The summed E-state index contributed by atoms with van der Waals surface area (Å²) >= 11 is 5.92. The molecule has 2 aromatic carbocycles. The Morgan fingerprint density at radius 2 is 1.72 bits per heavy atom. The molecule has 3 rings (SSSR count). The van der Waals surface area contributed by atoms with Gasteiger partial charge in [0.15, 0.2) is 0 Å². The van der Waals surface area contributed by atoms with E-state index in [-0.39, 0.29) is 0 Å². The molecule has 1 aliphatic rings. The van der Waals surface area contributed by atoms with Gasteiger partial charge < -0.3 is 9.22 Å². The molecule has 2 aromatic rings. The number of nitrogens with zero attached hydrogens (tertiary/aromatic N) is 1. The van der Waals surface area contributed by atoms with Gasteiger partial charge in [-0.25, -0.2) is 0 Å². The maximum atomic E-state index is 5.92. The molecule has 0 spiro atoms. The van der Waals surface area contributed by atoms with Gasteiger partial charge in [0.2, 0.25) is 0 Å². The van der Waals surface area contributed by atoms with Gasteiger partial charge in [-0.1, -0.05) is 53.9 Å². The highest BCUT2D eigenvalue weighted by atomic mass is 35.5. The quantitative estimate of drug-likeness (QED) is 0.590. The van der Waals surface area contributed by atoms with E-state index in [1.807, 2.05) is 30.3 Å². The fourth-order valence-corrected chi connectivity index (χ4v) is 3.08. The lowest BCUT2D eigenvalue weighted by molar-refractivity contribution is -0.923. The van der Waals surface area contributed by atoms with E-state index in [1.54, 1.807) is 0 Å². The first-order chi connectivity index (χ1) is 12.3. The Hall–Kier alpha value is -2.05. The van der Waals surface area contributed by atoms with Gasteiger partial charge in [-0.3, -0.25) is 0 Å². The molecule has 0 N–H and O–H groups in total. The van der Waals surface area contributed by atoms with Crippen molar-refractivity contribution >= 4 is 17.7 Å². The van der Waals surface area contributed by atoms with E-state index < -0.39 is 0 Å². The summed E-state index contributed by atoms with van der Waals surface area (Å²) in [5.74, 6) is 6.63. The van der Waals surface area contributed by atoms with Crippen molar-refractivity contribution in [1.29, 1.82) is 0 Å². The zero-order valence-electron chi connectivity index (χ0n) is 14.3. The molecule has 1 heterocycles. The van der Waals surface area contributed by atoms with Crippen molar-refractivity contribution in [2.75, 3.05) is 39.4 Å². The molecule has 1 saturated heterocycles. The van der Waals surface area contributed by atoms with Gasteiger partial charge in [-0.15, -0.1) is 0 Å². The van der Waals surface area contributed by atoms with Crippen molar-refractivity contribution in [3.8, 4) is 11.8 Å². The molecule has 3 heteroatoms. The van der Waals surface area contributed by atoms with E-state index in [2.05, 4.69) is 48.3 Å². The van der Waals surface area contributed by atoms with Crippen LogP contribution in [0.3, 0.4) is 0 Å². The lowest BCUT2D eigenvalue weighted by Crippen LogP contribution is -2.55. The first kappa shape index (κ1) is 17.8. The van der Waals surface area contributed by atoms with Crippen LogP contribution in [0.5, 0.6) is 0 Å². The summed E-state index contributed by atoms with van der Waals surface area (Å²) in [5.41, 5.74) is 2.25. The molecule has 0 unspecified atom stereocenters. The van der Waals surface area contributed by atoms with E-state index in [9.17, 15) is 0 Å². The molecule has 1 fully saturated rings. The summed E-state index contributed by atoms with van der Waals surface area (Å²) in [7, 11) is 0. The summed E-state index contributed by atoms with van der Waals surface area (Å²) in [6, 6.07) is 18.1. The highest BCUT2D eigenvalue weighted by molar-refractivity contribution is 6.30. The highest BCUT2D eigenvalue weighted by Crippen LogP contribution is 2.13. The van der Waals surface area contributed by atoms with Gasteiger partial charge in [-0.05, 0) is 41.8 Å². The molecular weight excluding hydrogens is 330 g/mol. The van der Waals surface area contributed by atoms with Crippen molar-refractivity contribution in [3.63, 3.8) is 0 Å². The normalized spacial score (nSPS) is 16.4. The van der Waals surface area contributed by atoms with Crippen molar-refractivity contribution in [3.05, 3.63) is 76.8 Å². The Kier molecular flexibility index (Phi) is 6.30. The van der Waals surface area contributed by atoms with Gasteiger partial charge in [0, 0.05) is 10.6 Å². The number of hydrogen-bond acceptors (Lipinski definition) is 1. The van der Waals surface area contributed by atoms with Crippen LogP contribution in [-0.4, -0.2) is 43.9 Å². The summed E-state index contributed by atoms with van der Waals surface area (Å²) in [6.07, 6.45) is 4.46. The summed E-state index contributed by atoms with van der Waals surface area (Å²) in [6.45, 7) is 5.45. The van der Waals surface area contributed by atoms with Crippen molar-refractivity contribution in [2.24, 2.45) is 0 Å². The Bertz CT molecular complexity index is 750. The van der Waals surface area contributed by atoms with Crippen LogP contribution in [0.15, 0.2) is 60.7 Å². The molecule has 0 saturated carbocycles. The zero-order valence-corrected chi connectivity index (χ0v) is 15.1. The van der Waals surface area contributed by atoms with Gasteiger partial charge >= 0.3 is 0 Å². The second kappa shape index (κ2) is 8.87. The molecule has 0 aromatic heterocycles. The average molecular weight is 353 g/mol. The molecule has 1 aliphatic heterocycles. The molecule has 0 amide bonds. The van der Waals surface area contributed by atoms with Crippen LogP contribution < -0.4 is 0 Å². The van der Waals surface area contributed by atoms with E-state index in [1.165, 1.54) is 5.56 Å². The Balaban J connectivity index is 1.66. The van der Waals surface area contributed by atoms with Crippen LogP contribution in [0, 0.1) is 11.8 Å². The predicted octanol–water partition coefficient (Wildman–Crippen LogP) is 4.25. The van der Waals surface area contributed by atoms with Crippen LogP contribution >= 0.6 is 11.6 Å². The van der Waals surface area contributed by atoms with Gasteiger partial charge in [0.25, 0.3) is 0 Å². The first-order valence-corrected chi connectivity index (χ1v) is 9.03. The summed E-state index contributed by atoms with van der Waals surface area (Å²) in [5, 5.41) is 0.744. The third-order valence-corrected chi connectivity index (χ3v) is 4.77. The predicted molar refractivity (Wildman–Crippen MR) is 104 cm³/mol. The molecule has 2 nitrogen and oxygen atoms in total. The molecular formula is C22H23ClNO+. The molecule has 0 radical (unpaired) electrons. The average Bonchev–Trinajstić information content (AvgIpc) is 2.65. The van der Waals surface area contributed by atoms with Crippen LogP contribution in [0.4, 0.5) is 0 Å². The van der Waals surface area contributed by atoms with Gasteiger partial charge in [0.05, 0.1) is 19.8 Å². The number of morpholine rings is 1. The Morgan fingerprint density at radius 3 is 2.44 bits per heavy atom. The van der Waals surface area contributed by atoms with Crippen LogP contribution in [-0.2, 0) is 4.74 Å². The highest BCUT2D eigenvalue weighted by Gasteiger charge is 2.28. The minimum Gasteiger partial charge on any atom is -0.370 e. The van der Waals surface area contributed by atoms with Crippen molar-refractivity contribution < 1.29 is 9.22 Å². The summed E-state index contributed by atoms with van der Waals surface area (Å²) in [4.78, 5) is 0. The number of halogens is 1. The van der Waals surface area contributed by atoms with Crippen molar-refractivity contribution in [2.45, 2.75) is 0 Å². The maximum Gasteiger partial charge on any atom is 0.141 e. The topological polar surface area (TPSA) is 9.23 Å². The fraction of sp³-hybridized carbons (Fsp3) is 0.273. The number of quaternary nitrogens is 1. The van der Waals surface area contributed by atoms with Crippen LogP contribution in [0.25, 0.3) is 6.08 Å². The second-order valence-corrected chi connectivity index (χ2v) is 6.80. The van der Waals surface area contributed by atoms with Crippen molar-refractivity contribution in [1.82, 2.24) is 0 Å². The van der Waals surface area contributed by atoms with E-state index in [0.29, 0.717) is 0 Å². The lowest BCUT2D eigenvalue weighted by atomic mass is 10.2. The number of rotatable bonds is 4. The smallest absolute Gasteiger partial charge is 0.141 e. The van der Waals surface area contributed by atoms with Gasteiger partial charge in [0.1, 0.15) is 19.6 Å². The van der Waals surface area contributed by atoms with Gasteiger partial charge in [-0.2, -0.15) is 0 Å². The third-order valence-electron chi connectivity index (χ3n) is 4.51. The fourth-order valence-electron chi connectivity index (χ4n) is 2.95. The van der Waals surface area contributed by atoms with E-state index >= 15 is 0 Å². The van der Waals surface area contributed by atoms with E-state index in [4.69, 9.17) is 16.3 Å². The molecule has 0 atom stereocenters. The molecule has 0 aliphatic carbocycles. The number of ether oxygens (including phenoxy) is 1. The monoisotopic (exact) mass is 352 g/mol. The molecule has 0 bridgehead atoms. The Labute approximate surface area is 155 Å².